The van der Waals surface area contributed by atoms with Gasteiger partial charge in [0.25, 0.3) is 5.91 Å². The van der Waals surface area contributed by atoms with Crippen molar-refractivity contribution in [2.45, 2.75) is 6.92 Å². The van der Waals surface area contributed by atoms with Crippen molar-refractivity contribution < 1.29 is 18.7 Å². The maximum atomic E-state index is 12.4. The molecule has 0 unspecified atom stereocenters. The summed E-state index contributed by atoms with van der Waals surface area (Å²) in [6.45, 7) is 1.89. The Morgan fingerprint density at radius 1 is 1.04 bits per heavy atom. The molecule has 0 aliphatic rings. The molecule has 1 amide bonds. The number of carbonyl (C=O) groups excluding carboxylic acids is 2. The molecule has 0 saturated carbocycles. The van der Waals surface area contributed by atoms with E-state index >= 15 is 0 Å². The fourth-order valence-electron chi connectivity index (χ4n) is 2.48. The fourth-order valence-corrected chi connectivity index (χ4v) is 2.65. The number of benzene rings is 2. The number of carbonyl (C=O) groups is 2. The van der Waals surface area contributed by atoms with Gasteiger partial charge in [-0.1, -0.05) is 23.7 Å². The van der Waals surface area contributed by atoms with E-state index in [4.69, 9.17) is 16.0 Å². The second-order valence-corrected chi connectivity index (χ2v) is 6.01. The zero-order chi connectivity index (χ0) is 18.7. The second kappa shape index (κ2) is 7.45. The first kappa shape index (κ1) is 17.8. The van der Waals surface area contributed by atoms with Crippen molar-refractivity contribution in [3.05, 3.63) is 76.5 Å². The maximum absolute atomic E-state index is 12.4. The summed E-state index contributed by atoms with van der Waals surface area (Å²) in [7, 11) is 1.31. The molecule has 0 atom stereocenters. The predicted molar refractivity (Wildman–Crippen MR) is 99.6 cm³/mol. The summed E-state index contributed by atoms with van der Waals surface area (Å²) in [5.41, 5.74) is 2.66. The van der Waals surface area contributed by atoms with Crippen LogP contribution in [0.1, 0.15) is 26.5 Å². The van der Waals surface area contributed by atoms with Crippen LogP contribution in [0.5, 0.6) is 0 Å². The molecule has 3 aromatic rings. The maximum Gasteiger partial charge on any atom is 0.337 e. The van der Waals surface area contributed by atoms with Crippen LogP contribution in [0.3, 0.4) is 0 Å². The highest BCUT2D eigenvalue weighted by Crippen LogP contribution is 2.29. The number of halogens is 1. The minimum atomic E-state index is -0.435. The molecule has 6 heteroatoms. The van der Waals surface area contributed by atoms with Gasteiger partial charge in [-0.3, -0.25) is 4.79 Å². The van der Waals surface area contributed by atoms with Crippen molar-refractivity contribution in [2.24, 2.45) is 0 Å². The third-order valence-corrected chi connectivity index (χ3v) is 4.34. The number of hydrogen-bond acceptors (Lipinski definition) is 4. The summed E-state index contributed by atoms with van der Waals surface area (Å²) in [6, 6.07) is 15.2. The van der Waals surface area contributed by atoms with Crippen LogP contribution < -0.4 is 5.32 Å². The number of furan rings is 1. The highest BCUT2D eigenvalue weighted by molar-refractivity contribution is 6.31. The van der Waals surface area contributed by atoms with Crippen LogP contribution in [0.2, 0.25) is 5.02 Å². The van der Waals surface area contributed by atoms with Gasteiger partial charge in [0.15, 0.2) is 5.76 Å². The van der Waals surface area contributed by atoms with Gasteiger partial charge in [-0.05, 0) is 55.0 Å². The van der Waals surface area contributed by atoms with Crippen LogP contribution >= 0.6 is 11.6 Å². The lowest BCUT2D eigenvalue weighted by molar-refractivity contribution is 0.0600. The Hall–Kier alpha value is -3.05. The highest BCUT2D eigenvalue weighted by atomic mass is 35.5. The molecule has 0 spiro atoms. The summed E-state index contributed by atoms with van der Waals surface area (Å²) in [4.78, 5) is 23.8. The number of ether oxygens (including phenoxy) is 1. The third-order valence-electron chi connectivity index (χ3n) is 3.93. The monoisotopic (exact) mass is 369 g/mol. The molecule has 2 aromatic carbocycles. The van der Waals surface area contributed by atoms with Crippen molar-refractivity contribution in [1.82, 2.24) is 0 Å². The lowest BCUT2D eigenvalue weighted by Crippen LogP contribution is -2.11. The molecular weight excluding hydrogens is 354 g/mol. The Labute approximate surface area is 155 Å². The highest BCUT2D eigenvalue weighted by Gasteiger charge is 2.15. The van der Waals surface area contributed by atoms with E-state index < -0.39 is 5.97 Å². The standard InChI is InChI=1S/C20H16ClNO4/c1-12-15(4-3-5-16(12)21)17-10-11-18(26-17)19(23)22-14-8-6-13(7-9-14)20(24)25-2/h3-11H,1-2H3,(H,22,23). The van der Waals surface area contributed by atoms with E-state index in [2.05, 4.69) is 10.1 Å². The van der Waals surface area contributed by atoms with E-state index in [0.717, 1.165) is 11.1 Å². The van der Waals surface area contributed by atoms with Gasteiger partial charge in [-0.15, -0.1) is 0 Å². The molecule has 132 valence electrons. The zero-order valence-electron chi connectivity index (χ0n) is 14.2. The van der Waals surface area contributed by atoms with Gasteiger partial charge in [-0.2, -0.15) is 0 Å². The van der Waals surface area contributed by atoms with Crippen LogP contribution in [0, 0.1) is 6.92 Å². The van der Waals surface area contributed by atoms with E-state index in [1.165, 1.54) is 7.11 Å². The molecule has 5 nitrogen and oxygen atoms in total. The summed E-state index contributed by atoms with van der Waals surface area (Å²) >= 11 is 6.13. The van der Waals surface area contributed by atoms with Gasteiger partial charge in [0.2, 0.25) is 0 Å². The minimum Gasteiger partial charge on any atom is -0.465 e. The molecule has 0 aliphatic heterocycles. The first-order chi connectivity index (χ1) is 12.5. The fraction of sp³-hybridized carbons (Fsp3) is 0.100. The van der Waals surface area contributed by atoms with Gasteiger partial charge in [-0.25, -0.2) is 4.79 Å². The molecule has 1 aromatic heterocycles. The zero-order valence-corrected chi connectivity index (χ0v) is 15.0. The Morgan fingerprint density at radius 3 is 2.46 bits per heavy atom. The third kappa shape index (κ3) is 3.63. The lowest BCUT2D eigenvalue weighted by Gasteiger charge is -2.05. The molecule has 1 N–H and O–H groups in total. The first-order valence-corrected chi connectivity index (χ1v) is 8.22. The predicted octanol–water partition coefficient (Wildman–Crippen LogP) is 4.95. The number of anilines is 1. The van der Waals surface area contributed by atoms with E-state index in [9.17, 15) is 9.59 Å². The van der Waals surface area contributed by atoms with Crippen LogP contribution in [0.25, 0.3) is 11.3 Å². The molecule has 0 fully saturated rings. The Morgan fingerprint density at radius 2 is 1.77 bits per heavy atom. The Balaban J connectivity index is 1.76. The minimum absolute atomic E-state index is 0.177. The number of nitrogens with one attached hydrogen (secondary N) is 1. The van der Waals surface area contributed by atoms with Crippen LogP contribution in [0.4, 0.5) is 5.69 Å². The van der Waals surface area contributed by atoms with Crippen molar-refractivity contribution in [3.63, 3.8) is 0 Å². The number of amides is 1. The van der Waals surface area contributed by atoms with Crippen molar-refractivity contribution in [1.29, 1.82) is 0 Å². The number of rotatable bonds is 4. The summed E-state index contributed by atoms with van der Waals surface area (Å²) < 4.78 is 10.3. The average molecular weight is 370 g/mol. The summed E-state index contributed by atoms with van der Waals surface area (Å²) in [5.74, 6) is -0.0789. The Kier molecular flexibility index (Phi) is 5.09. The van der Waals surface area contributed by atoms with Crippen molar-refractivity contribution in [3.8, 4) is 11.3 Å². The van der Waals surface area contributed by atoms with E-state index in [0.29, 0.717) is 22.0 Å². The SMILES string of the molecule is COC(=O)c1ccc(NC(=O)c2ccc(-c3cccc(Cl)c3C)o2)cc1. The normalized spacial score (nSPS) is 10.4. The molecule has 0 saturated heterocycles. The van der Waals surface area contributed by atoms with E-state index in [-0.39, 0.29) is 11.7 Å². The number of methoxy groups -OCH3 is 1. The lowest BCUT2D eigenvalue weighted by atomic mass is 10.1. The van der Waals surface area contributed by atoms with Gasteiger partial charge in [0.1, 0.15) is 5.76 Å². The quantitative estimate of drug-likeness (QED) is 0.661. The summed E-state index contributed by atoms with van der Waals surface area (Å²) in [5, 5.41) is 3.36. The molecule has 0 bridgehead atoms. The topological polar surface area (TPSA) is 68.5 Å². The van der Waals surface area contributed by atoms with Crippen LogP contribution in [-0.2, 0) is 4.74 Å². The molecule has 0 aliphatic carbocycles. The van der Waals surface area contributed by atoms with Gasteiger partial charge in [0.05, 0.1) is 12.7 Å². The smallest absolute Gasteiger partial charge is 0.337 e. The van der Waals surface area contributed by atoms with Crippen LogP contribution in [-0.4, -0.2) is 19.0 Å². The number of hydrogen-bond donors (Lipinski definition) is 1. The van der Waals surface area contributed by atoms with Gasteiger partial charge < -0.3 is 14.5 Å². The largest absolute Gasteiger partial charge is 0.465 e. The second-order valence-electron chi connectivity index (χ2n) is 5.60. The molecule has 0 radical (unpaired) electrons. The summed E-state index contributed by atoms with van der Waals surface area (Å²) in [6.07, 6.45) is 0. The molecule has 3 rings (SSSR count). The molecular formula is C20H16ClNO4. The van der Waals surface area contributed by atoms with E-state index in [1.807, 2.05) is 19.1 Å². The van der Waals surface area contributed by atoms with Gasteiger partial charge in [0, 0.05) is 16.3 Å². The van der Waals surface area contributed by atoms with Crippen molar-refractivity contribution in [2.75, 3.05) is 12.4 Å². The van der Waals surface area contributed by atoms with Crippen molar-refractivity contribution >= 4 is 29.2 Å². The molecule has 26 heavy (non-hydrogen) atoms. The van der Waals surface area contributed by atoms with Crippen LogP contribution in [0.15, 0.2) is 59.0 Å². The number of esters is 1. The average Bonchev–Trinajstić information content (AvgIpc) is 3.14. The van der Waals surface area contributed by atoms with Gasteiger partial charge >= 0.3 is 5.97 Å². The van der Waals surface area contributed by atoms with E-state index in [1.54, 1.807) is 42.5 Å². The first-order valence-electron chi connectivity index (χ1n) is 7.84. The molecule has 1 heterocycles. The Bertz CT molecular complexity index is 960.